The van der Waals surface area contributed by atoms with E-state index in [1.807, 2.05) is 0 Å². The highest BCUT2D eigenvalue weighted by molar-refractivity contribution is 5.99. The largest absolute Gasteiger partial charge is 0.358 e. The second-order valence-corrected chi connectivity index (χ2v) is 10.3. The number of nitrogens with one attached hydrogen (secondary N) is 1. The van der Waals surface area contributed by atoms with Crippen LogP contribution >= 0.6 is 0 Å². The highest BCUT2D eigenvalue weighted by Crippen LogP contribution is 2.56. The van der Waals surface area contributed by atoms with Crippen molar-refractivity contribution in [3.63, 3.8) is 0 Å². The fourth-order valence-corrected chi connectivity index (χ4v) is 6.39. The van der Waals surface area contributed by atoms with Gasteiger partial charge in [0, 0.05) is 28.9 Å². The molecule has 3 aliphatic rings. The van der Waals surface area contributed by atoms with Crippen LogP contribution in [0.5, 0.6) is 0 Å². The first-order chi connectivity index (χ1) is 19.4. The minimum Gasteiger partial charge on any atom is -0.358 e. The molecule has 3 aliphatic carbocycles. The van der Waals surface area contributed by atoms with E-state index in [2.05, 4.69) is 151 Å². The summed E-state index contributed by atoms with van der Waals surface area (Å²) < 4.78 is 0. The van der Waals surface area contributed by atoms with Gasteiger partial charge in [0.1, 0.15) is 0 Å². The van der Waals surface area contributed by atoms with Gasteiger partial charge >= 0.3 is 0 Å². The van der Waals surface area contributed by atoms with Gasteiger partial charge in [0.2, 0.25) is 0 Å². The van der Waals surface area contributed by atoms with E-state index in [1.165, 1.54) is 44.7 Å². The van der Waals surface area contributed by atoms with Crippen LogP contribution in [0.25, 0.3) is 11.1 Å². The van der Waals surface area contributed by atoms with E-state index in [1.54, 1.807) is 0 Å². The molecule has 0 amide bonds. The molecule has 0 saturated carbocycles. The first kappa shape index (κ1) is 23.3. The van der Waals surface area contributed by atoms with E-state index >= 15 is 0 Å². The molecule has 0 fully saturated rings. The number of allylic oxidation sites excluding steroid dienone is 8. The molecule has 4 aromatic rings. The Morgan fingerprint density at radius 3 is 2.03 bits per heavy atom. The van der Waals surface area contributed by atoms with E-state index in [4.69, 9.17) is 0 Å². The molecule has 0 aliphatic heterocycles. The lowest BCUT2D eigenvalue weighted by Gasteiger charge is -2.34. The SMILES string of the molecule is C1#CC2=C(C=CC1)C(c1ccccc1)(c1ccccc1)c1cccc(NC3=CC=C(c4ccccc4)CC3)c12. The Balaban J connectivity index is 1.40. The van der Waals surface area contributed by atoms with Gasteiger partial charge in [0.15, 0.2) is 0 Å². The van der Waals surface area contributed by atoms with E-state index in [0.29, 0.717) is 0 Å². The van der Waals surface area contributed by atoms with Crippen molar-refractivity contribution in [1.29, 1.82) is 0 Å². The third-order valence-electron chi connectivity index (χ3n) is 8.11. The van der Waals surface area contributed by atoms with Crippen molar-refractivity contribution in [1.82, 2.24) is 0 Å². The molecule has 0 heterocycles. The van der Waals surface area contributed by atoms with Crippen molar-refractivity contribution in [2.75, 3.05) is 5.32 Å². The van der Waals surface area contributed by atoms with Crippen LogP contribution in [-0.4, -0.2) is 0 Å². The molecule has 0 saturated heterocycles. The zero-order chi connectivity index (χ0) is 26.1. The van der Waals surface area contributed by atoms with Crippen molar-refractivity contribution in [3.05, 3.63) is 173 Å². The first-order valence-electron chi connectivity index (χ1n) is 13.7. The standard InChI is InChI=1S/C38H29N/c1-5-14-28(15-6-1)29-24-26-32(27-25-29)39-36-23-13-22-35-37(36)33-20-11-4-12-21-34(33)38(35,30-16-7-2-8-17-30)31-18-9-3-10-19-31/h1-3,5-10,12-19,21-24,26,39H,4,25,27H2. The maximum atomic E-state index is 3.84. The Kier molecular flexibility index (Phi) is 5.87. The Hall–Kier alpha value is -4.80. The van der Waals surface area contributed by atoms with Crippen molar-refractivity contribution in [2.45, 2.75) is 24.7 Å². The smallest absolute Gasteiger partial charge is 0.0720 e. The molecule has 186 valence electrons. The molecule has 1 nitrogen and oxygen atoms in total. The van der Waals surface area contributed by atoms with Crippen molar-refractivity contribution in [2.24, 2.45) is 0 Å². The van der Waals surface area contributed by atoms with E-state index < -0.39 is 5.41 Å². The molecule has 1 heteroatoms. The van der Waals surface area contributed by atoms with Gasteiger partial charge in [-0.15, -0.1) is 0 Å². The van der Waals surface area contributed by atoms with Crippen LogP contribution in [0.1, 0.15) is 47.1 Å². The lowest BCUT2D eigenvalue weighted by atomic mass is 9.66. The molecular weight excluding hydrogens is 470 g/mol. The van der Waals surface area contributed by atoms with Gasteiger partial charge in [-0.25, -0.2) is 0 Å². The maximum absolute atomic E-state index is 3.84. The van der Waals surface area contributed by atoms with Gasteiger partial charge in [0.25, 0.3) is 0 Å². The summed E-state index contributed by atoms with van der Waals surface area (Å²) in [6.07, 6.45) is 11.8. The van der Waals surface area contributed by atoms with Gasteiger partial charge < -0.3 is 5.32 Å². The fraction of sp³-hybridized carbons (Fsp3) is 0.105. The summed E-state index contributed by atoms with van der Waals surface area (Å²) in [5, 5.41) is 3.84. The Bertz CT molecular complexity index is 1680. The van der Waals surface area contributed by atoms with Gasteiger partial charge in [-0.1, -0.05) is 133 Å². The molecular formula is C38H29N. The van der Waals surface area contributed by atoms with Gasteiger partial charge in [-0.3, -0.25) is 0 Å². The fourth-order valence-electron chi connectivity index (χ4n) is 6.39. The highest BCUT2D eigenvalue weighted by Gasteiger charge is 2.47. The van der Waals surface area contributed by atoms with Crippen LogP contribution < -0.4 is 5.32 Å². The number of rotatable bonds is 5. The predicted molar refractivity (Wildman–Crippen MR) is 163 cm³/mol. The highest BCUT2D eigenvalue weighted by atomic mass is 14.9. The summed E-state index contributed by atoms with van der Waals surface area (Å²) in [6.45, 7) is 0. The molecule has 0 aromatic heterocycles. The Labute approximate surface area is 230 Å². The maximum Gasteiger partial charge on any atom is 0.0720 e. The van der Waals surface area contributed by atoms with Crippen molar-refractivity contribution in [3.8, 4) is 11.8 Å². The minimum absolute atomic E-state index is 0.429. The van der Waals surface area contributed by atoms with Crippen LogP contribution in [-0.2, 0) is 5.41 Å². The molecule has 39 heavy (non-hydrogen) atoms. The molecule has 0 bridgehead atoms. The second-order valence-electron chi connectivity index (χ2n) is 10.3. The monoisotopic (exact) mass is 499 g/mol. The number of benzene rings is 4. The van der Waals surface area contributed by atoms with E-state index in [9.17, 15) is 0 Å². The van der Waals surface area contributed by atoms with Crippen LogP contribution in [0, 0.1) is 11.8 Å². The Morgan fingerprint density at radius 2 is 1.36 bits per heavy atom. The minimum atomic E-state index is -0.429. The van der Waals surface area contributed by atoms with Crippen molar-refractivity contribution < 1.29 is 0 Å². The van der Waals surface area contributed by atoms with Crippen LogP contribution in [0.4, 0.5) is 5.69 Å². The average molecular weight is 500 g/mol. The molecule has 1 N–H and O–H groups in total. The first-order valence-corrected chi connectivity index (χ1v) is 13.7. The molecule has 0 radical (unpaired) electrons. The lowest BCUT2D eigenvalue weighted by Crippen LogP contribution is -2.29. The summed E-state index contributed by atoms with van der Waals surface area (Å²) in [6, 6.07) is 39.2. The van der Waals surface area contributed by atoms with Crippen LogP contribution in [0.3, 0.4) is 0 Å². The van der Waals surface area contributed by atoms with E-state index in [0.717, 1.165) is 30.5 Å². The molecule has 0 atom stereocenters. The number of anilines is 1. The molecule has 0 spiro atoms. The number of hydrogen-bond acceptors (Lipinski definition) is 1. The quantitative estimate of drug-likeness (QED) is 0.270. The third-order valence-corrected chi connectivity index (χ3v) is 8.11. The molecule has 4 aromatic carbocycles. The van der Waals surface area contributed by atoms with Crippen LogP contribution in [0.2, 0.25) is 0 Å². The lowest BCUT2D eigenvalue weighted by molar-refractivity contribution is 0.761. The predicted octanol–water partition coefficient (Wildman–Crippen LogP) is 8.92. The summed E-state index contributed by atoms with van der Waals surface area (Å²) in [4.78, 5) is 0. The van der Waals surface area contributed by atoms with Gasteiger partial charge in [-0.05, 0) is 58.4 Å². The Morgan fingerprint density at radius 1 is 0.667 bits per heavy atom. The van der Waals surface area contributed by atoms with Gasteiger partial charge in [0.05, 0.1) is 5.41 Å². The summed E-state index contributed by atoms with van der Waals surface area (Å²) in [7, 11) is 0. The number of hydrogen-bond donors (Lipinski definition) is 1. The second kappa shape index (κ2) is 9.82. The molecule has 7 rings (SSSR count). The summed E-state index contributed by atoms with van der Waals surface area (Å²) >= 11 is 0. The van der Waals surface area contributed by atoms with Crippen molar-refractivity contribution >= 4 is 16.8 Å². The zero-order valence-electron chi connectivity index (χ0n) is 21.8. The third kappa shape index (κ3) is 3.89. The zero-order valence-corrected chi connectivity index (χ0v) is 21.8. The topological polar surface area (TPSA) is 12.0 Å². The van der Waals surface area contributed by atoms with Gasteiger partial charge in [-0.2, -0.15) is 0 Å². The average Bonchev–Trinajstić information content (AvgIpc) is 3.11. The number of fused-ring (bicyclic) bond motifs is 2. The molecule has 0 unspecified atom stereocenters. The summed E-state index contributed by atoms with van der Waals surface area (Å²) in [5.41, 5.74) is 12.0. The normalized spacial score (nSPS) is 16.7. The van der Waals surface area contributed by atoms with E-state index in [-0.39, 0.29) is 0 Å². The van der Waals surface area contributed by atoms with Crippen LogP contribution in [0.15, 0.2) is 145 Å². The summed E-state index contributed by atoms with van der Waals surface area (Å²) in [5.74, 6) is 7.00.